The molecule has 0 aliphatic carbocycles. The van der Waals surface area contributed by atoms with Crippen molar-refractivity contribution >= 4 is 17.8 Å². The fraction of sp³-hybridized carbons (Fsp3) is 0.500. The molecule has 1 aromatic rings. The van der Waals surface area contributed by atoms with Crippen molar-refractivity contribution < 1.29 is 28.6 Å². The first-order valence-corrected chi connectivity index (χ1v) is 8.57. The fourth-order valence-electron chi connectivity index (χ4n) is 3.01. The summed E-state index contributed by atoms with van der Waals surface area (Å²) >= 11 is 0. The zero-order valence-corrected chi connectivity index (χ0v) is 14.7. The van der Waals surface area contributed by atoms with Crippen LogP contribution in [-0.2, 0) is 25.5 Å². The topological polar surface area (TPSA) is 85.4 Å². The lowest BCUT2D eigenvalue weighted by molar-refractivity contribution is -0.144. The molecule has 0 radical (unpaired) electrons. The summed E-state index contributed by atoms with van der Waals surface area (Å²) in [5, 5.41) is 0. The average molecular weight is 362 g/mol. The van der Waals surface area contributed by atoms with Gasteiger partial charge in [0.25, 0.3) is 0 Å². The summed E-state index contributed by atoms with van der Waals surface area (Å²) in [4.78, 5) is 39.1. The minimum Gasteiger partial charge on any atom is -0.469 e. The number of fused-ring (bicyclic) bond motifs is 1. The summed E-state index contributed by atoms with van der Waals surface area (Å²) < 4.78 is 15.1. The molecular weight excluding hydrogens is 340 g/mol. The largest absolute Gasteiger partial charge is 0.469 e. The summed E-state index contributed by atoms with van der Waals surface area (Å²) in [7, 11) is 1.30. The van der Waals surface area contributed by atoms with E-state index in [0.29, 0.717) is 37.7 Å². The zero-order chi connectivity index (χ0) is 18.5. The maximum absolute atomic E-state index is 12.5. The number of esters is 1. The number of benzene rings is 1. The quantitative estimate of drug-likeness (QED) is 0.713. The molecule has 0 bridgehead atoms. The van der Waals surface area contributed by atoms with Crippen LogP contribution in [0.15, 0.2) is 18.2 Å². The minimum atomic E-state index is -0.393. The maximum atomic E-state index is 12.5. The van der Waals surface area contributed by atoms with E-state index in [1.807, 2.05) is 18.2 Å². The van der Waals surface area contributed by atoms with E-state index in [9.17, 15) is 14.4 Å². The SMILES string of the molecule is COC(=O)CCC(=O)N1CCN(C(=O)Cc2ccc3c(c2)OCO3)CC1. The number of hydrogen-bond acceptors (Lipinski definition) is 6. The normalized spacial score (nSPS) is 15.7. The predicted octanol–water partition coefficient (Wildman–Crippen LogP) is 0.582. The van der Waals surface area contributed by atoms with Gasteiger partial charge in [-0.2, -0.15) is 0 Å². The van der Waals surface area contributed by atoms with Crippen molar-refractivity contribution in [2.24, 2.45) is 0 Å². The van der Waals surface area contributed by atoms with Crippen LogP contribution in [0.4, 0.5) is 0 Å². The smallest absolute Gasteiger partial charge is 0.306 e. The molecule has 0 unspecified atom stereocenters. The summed E-state index contributed by atoms with van der Waals surface area (Å²) in [6.07, 6.45) is 0.503. The van der Waals surface area contributed by atoms with Crippen LogP contribution >= 0.6 is 0 Å². The third-order valence-electron chi connectivity index (χ3n) is 4.55. The van der Waals surface area contributed by atoms with Crippen molar-refractivity contribution in [3.8, 4) is 11.5 Å². The number of carbonyl (C=O) groups excluding carboxylic acids is 3. The highest BCUT2D eigenvalue weighted by molar-refractivity contribution is 5.82. The monoisotopic (exact) mass is 362 g/mol. The molecule has 0 spiro atoms. The second kappa shape index (κ2) is 8.07. The van der Waals surface area contributed by atoms with Crippen molar-refractivity contribution in [2.45, 2.75) is 19.3 Å². The molecule has 8 heteroatoms. The summed E-state index contributed by atoms with van der Waals surface area (Å²) in [5.74, 6) is 0.899. The first-order chi connectivity index (χ1) is 12.6. The van der Waals surface area contributed by atoms with Crippen LogP contribution in [-0.4, -0.2) is 67.7 Å². The molecule has 140 valence electrons. The van der Waals surface area contributed by atoms with Crippen molar-refractivity contribution in [1.29, 1.82) is 0 Å². The van der Waals surface area contributed by atoms with Crippen LogP contribution in [0.1, 0.15) is 18.4 Å². The molecule has 0 atom stereocenters. The Kier molecular flexibility index (Phi) is 5.60. The number of carbonyl (C=O) groups is 3. The molecule has 8 nitrogen and oxygen atoms in total. The van der Waals surface area contributed by atoms with Gasteiger partial charge in [-0.15, -0.1) is 0 Å². The zero-order valence-electron chi connectivity index (χ0n) is 14.7. The van der Waals surface area contributed by atoms with Crippen LogP contribution in [0.3, 0.4) is 0 Å². The fourth-order valence-corrected chi connectivity index (χ4v) is 3.01. The molecule has 1 fully saturated rings. The van der Waals surface area contributed by atoms with Crippen molar-refractivity contribution in [3.05, 3.63) is 23.8 Å². The van der Waals surface area contributed by atoms with Gasteiger partial charge in [-0.05, 0) is 17.7 Å². The highest BCUT2D eigenvalue weighted by Crippen LogP contribution is 2.32. The lowest BCUT2D eigenvalue weighted by atomic mass is 10.1. The molecule has 2 aliphatic rings. The third kappa shape index (κ3) is 4.25. The molecule has 2 heterocycles. The Bertz CT molecular complexity index is 697. The Hall–Kier alpha value is -2.77. The van der Waals surface area contributed by atoms with Crippen LogP contribution in [0.25, 0.3) is 0 Å². The number of methoxy groups -OCH3 is 1. The van der Waals surface area contributed by atoms with Crippen LogP contribution < -0.4 is 9.47 Å². The van der Waals surface area contributed by atoms with Gasteiger partial charge in [0.05, 0.1) is 20.0 Å². The van der Waals surface area contributed by atoms with E-state index in [1.54, 1.807) is 9.80 Å². The maximum Gasteiger partial charge on any atom is 0.306 e. The molecule has 1 aromatic carbocycles. The van der Waals surface area contributed by atoms with Gasteiger partial charge >= 0.3 is 5.97 Å². The first kappa shape index (κ1) is 18.0. The Morgan fingerprint density at radius 2 is 1.62 bits per heavy atom. The third-order valence-corrected chi connectivity index (χ3v) is 4.55. The minimum absolute atomic E-state index is 0.0190. The van der Waals surface area contributed by atoms with Gasteiger partial charge in [0.1, 0.15) is 0 Å². The molecule has 26 heavy (non-hydrogen) atoms. The van der Waals surface area contributed by atoms with Gasteiger partial charge in [-0.25, -0.2) is 0 Å². The van der Waals surface area contributed by atoms with E-state index in [4.69, 9.17) is 9.47 Å². The van der Waals surface area contributed by atoms with Gasteiger partial charge < -0.3 is 24.0 Å². The molecule has 0 N–H and O–H groups in total. The Labute approximate surface area is 151 Å². The Balaban J connectivity index is 1.46. The first-order valence-electron chi connectivity index (χ1n) is 8.57. The van der Waals surface area contributed by atoms with Gasteiger partial charge in [0, 0.05) is 32.6 Å². The van der Waals surface area contributed by atoms with Gasteiger partial charge in [-0.3, -0.25) is 14.4 Å². The second-order valence-corrected chi connectivity index (χ2v) is 6.20. The van der Waals surface area contributed by atoms with E-state index in [-0.39, 0.29) is 37.9 Å². The predicted molar refractivity (Wildman–Crippen MR) is 90.7 cm³/mol. The van der Waals surface area contributed by atoms with E-state index in [2.05, 4.69) is 4.74 Å². The van der Waals surface area contributed by atoms with Gasteiger partial charge in [0.2, 0.25) is 18.6 Å². The average Bonchev–Trinajstić information content (AvgIpc) is 3.13. The second-order valence-electron chi connectivity index (χ2n) is 6.20. The summed E-state index contributed by atoms with van der Waals surface area (Å²) in [6.45, 7) is 2.15. The van der Waals surface area contributed by atoms with Crippen molar-refractivity contribution in [1.82, 2.24) is 9.80 Å². The van der Waals surface area contributed by atoms with Gasteiger partial charge in [-0.1, -0.05) is 6.07 Å². The standard InChI is InChI=1S/C18H22N2O6/c1-24-18(23)5-4-16(21)19-6-8-20(9-7-19)17(22)11-13-2-3-14-15(10-13)26-12-25-14/h2-3,10H,4-9,11-12H2,1H3. The number of piperazine rings is 1. The van der Waals surface area contributed by atoms with Crippen molar-refractivity contribution in [3.63, 3.8) is 0 Å². The molecule has 0 aromatic heterocycles. The number of nitrogens with zero attached hydrogens (tertiary/aromatic N) is 2. The lowest BCUT2D eigenvalue weighted by Gasteiger charge is -2.35. The molecule has 2 amide bonds. The number of amides is 2. The molecule has 2 aliphatic heterocycles. The number of hydrogen-bond donors (Lipinski definition) is 0. The molecule has 3 rings (SSSR count). The van der Waals surface area contributed by atoms with Crippen LogP contribution in [0.2, 0.25) is 0 Å². The highest BCUT2D eigenvalue weighted by Gasteiger charge is 2.25. The molecule has 1 saturated heterocycles. The van der Waals surface area contributed by atoms with Gasteiger partial charge in [0.15, 0.2) is 11.5 Å². The van der Waals surface area contributed by atoms with Crippen LogP contribution in [0.5, 0.6) is 11.5 Å². The molecule has 0 saturated carbocycles. The van der Waals surface area contributed by atoms with E-state index >= 15 is 0 Å². The lowest BCUT2D eigenvalue weighted by Crippen LogP contribution is -2.51. The number of ether oxygens (including phenoxy) is 3. The highest BCUT2D eigenvalue weighted by atomic mass is 16.7. The number of rotatable bonds is 5. The van der Waals surface area contributed by atoms with Crippen LogP contribution in [0, 0.1) is 0 Å². The Morgan fingerprint density at radius 3 is 2.31 bits per heavy atom. The summed E-state index contributed by atoms with van der Waals surface area (Å²) in [5.41, 5.74) is 0.871. The van der Waals surface area contributed by atoms with Crippen molar-refractivity contribution in [2.75, 3.05) is 40.1 Å². The Morgan fingerprint density at radius 1 is 0.962 bits per heavy atom. The van der Waals surface area contributed by atoms with E-state index in [1.165, 1.54) is 7.11 Å². The summed E-state index contributed by atoms with van der Waals surface area (Å²) in [6, 6.07) is 5.49. The molecular formula is C18H22N2O6. The van der Waals surface area contributed by atoms with E-state index in [0.717, 1.165) is 5.56 Å². The van der Waals surface area contributed by atoms with E-state index < -0.39 is 5.97 Å².